The lowest BCUT2D eigenvalue weighted by Crippen LogP contribution is -2.06. The molecule has 3 aliphatic rings. The molecule has 0 spiro atoms. The quantitative estimate of drug-likeness (QED) is 0.191. The molecule has 35 heavy (non-hydrogen) atoms. The first kappa shape index (κ1) is 26.1. The molecule has 0 amide bonds. The highest BCUT2D eigenvalue weighted by molar-refractivity contribution is 6.01. The lowest BCUT2D eigenvalue weighted by atomic mass is 9.87. The molecular weight excluding hydrogens is 426 g/mol. The fourth-order valence-corrected chi connectivity index (χ4v) is 4.17. The normalized spacial score (nSPS) is 19.3. The zero-order valence-electron chi connectivity index (χ0n) is 21.7. The summed E-state index contributed by atoms with van der Waals surface area (Å²) in [6.45, 7) is 16.1. The van der Waals surface area contributed by atoms with Gasteiger partial charge in [0.1, 0.15) is 0 Å². The Morgan fingerprint density at radius 2 is 2.00 bits per heavy atom. The summed E-state index contributed by atoms with van der Waals surface area (Å²) in [5, 5.41) is 0. The van der Waals surface area contributed by atoms with Crippen LogP contribution in [0.25, 0.3) is 0 Å². The van der Waals surface area contributed by atoms with E-state index in [-0.39, 0.29) is 5.78 Å². The van der Waals surface area contributed by atoms with E-state index < -0.39 is 0 Å². The van der Waals surface area contributed by atoms with Gasteiger partial charge < -0.3 is 0 Å². The van der Waals surface area contributed by atoms with Gasteiger partial charge in [0.05, 0.1) is 0 Å². The number of allylic oxidation sites excluding steroid dienone is 16. The molecule has 180 valence electrons. The molecule has 0 aromatic carbocycles. The van der Waals surface area contributed by atoms with E-state index in [1.54, 1.807) is 12.2 Å². The van der Waals surface area contributed by atoms with Gasteiger partial charge in [-0.3, -0.25) is 9.79 Å². The van der Waals surface area contributed by atoms with Crippen LogP contribution >= 0.6 is 0 Å². The lowest BCUT2D eigenvalue weighted by molar-refractivity contribution is -0.114. The molecule has 2 nitrogen and oxygen atoms in total. The van der Waals surface area contributed by atoms with Crippen molar-refractivity contribution in [3.63, 3.8) is 0 Å². The third kappa shape index (κ3) is 7.25. The van der Waals surface area contributed by atoms with Gasteiger partial charge in [-0.05, 0) is 84.6 Å². The minimum absolute atomic E-state index is 0.0693. The molecular formula is C33H37NO. The Labute approximate surface area is 211 Å². The van der Waals surface area contributed by atoms with E-state index in [1.165, 1.54) is 16.7 Å². The minimum atomic E-state index is 0.0693. The maximum atomic E-state index is 13.2. The molecule has 1 aliphatic heterocycles. The Hall–Kier alpha value is -3.48. The largest absolute Gasteiger partial charge is 0.294 e. The van der Waals surface area contributed by atoms with E-state index in [0.29, 0.717) is 17.9 Å². The topological polar surface area (TPSA) is 29.4 Å². The fourth-order valence-electron chi connectivity index (χ4n) is 4.17. The van der Waals surface area contributed by atoms with Crippen LogP contribution in [0.4, 0.5) is 0 Å². The number of carbonyl (C=O) groups is 1. The maximum absolute atomic E-state index is 13.2. The van der Waals surface area contributed by atoms with Crippen molar-refractivity contribution >= 4 is 12.0 Å². The van der Waals surface area contributed by atoms with E-state index in [0.717, 1.165) is 53.7 Å². The molecule has 0 fully saturated rings. The Bertz CT molecular complexity index is 1220. The summed E-state index contributed by atoms with van der Waals surface area (Å²) in [6, 6.07) is 0. The molecule has 0 unspecified atom stereocenters. The number of hydrogen-bond acceptors (Lipinski definition) is 2. The summed E-state index contributed by atoms with van der Waals surface area (Å²) in [7, 11) is 0. The molecule has 0 radical (unpaired) electrons. The summed E-state index contributed by atoms with van der Waals surface area (Å²) >= 11 is 0. The van der Waals surface area contributed by atoms with E-state index in [9.17, 15) is 4.79 Å². The Morgan fingerprint density at radius 1 is 1.20 bits per heavy atom. The highest BCUT2D eigenvalue weighted by Gasteiger charge is 2.18. The number of nitrogens with zero attached hydrogens (tertiary/aromatic N) is 1. The number of Topliss-reactive ketones (excluding diaryl/α,β-unsaturated/α-hetero) is 1. The molecule has 0 aromatic heterocycles. The monoisotopic (exact) mass is 463 g/mol. The second-order valence-corrected chi connectivity index (χ2v) is 9.79. The summed E-state index contributed by atoms with van der Waals surface area (Å²) in [4.78, 5) is 17.9. The fraction of sp³-hybridized carbons (Fsp3) is 0.303. The van der Waals surface area contributed by atoms with Crippen LogP contribution in [0.1, 0.15) is 59.8 Å². The third-order valence-corrected chi connectivity index (χ3v) is 6.44. The van der Waals surface area contributed by atoms with Crippen molar-refractivity contribution in [2.75, 3.05) is 0 Å². The molecule has 0 saturated carbocycles. The smallest absolute Gasteiger partial charge is 0.167 e. The van der Waals surface area contributed by atoms with Crippen LogP contribution in [0, 0.1) is 5.92 Å². The van der Waals surface area contributed by atoms with Gasteiger partial charge in [0.2, 0.25) is 0 Å². The van der Waals surface area contributed by atoms with Crippen molar-refractivity contribution in [3.05, 3.63) is 124 Å². The van der Waals surface area contributed by atoms with Crippen LogP contribution in [0.2, 0.25) is 0 Å². The van der Waals surface area contributed by atoms with Gasteiger partial charge in [0.25, 0.3) is 0 Å². The van der Waals surface area contributed by atoms with E-state index >= 15 is 0 Å². The molecule has 2 heteroatoms. The summed E-state index contributed by atoms with van der Waals surface area (Å²) < 4.78 is 0. The predicted octanol–water partition coefficient (Wildman–Crippen LogP) is 8.58. The van der Waals surface area contributed by atoms with Gasteiger partial charge in [-0.15, -0.1) is 5.73 Å². The first-order valence-electron chi connectivity index (χ1n) is 12.5. The highest BCUT2D eigenvalue weighted by Crippen LogP contribution is 2.33. The van der Waals surface area contributed by atoms with Crippen molar-refractivity contribution in [2.45, 2.75) is 59.8 Å². The van der Waals surface area contributed by atoms with Crippen LogP contribution in [0.15, 0.2) is 129 Å². The molecule has 3 rings (SSSR count). The first-order chi connectivity index (χ1) is 16.8. The molecule has 0 N–H and O–H groups in total. The molecule has 0 bridgehead atoms. The van der Waals surface area contributed by atoms with Crippen molar-refractivity contribution in [2.24, 2.45) is 10.9 Å². The molecule has 0 atom stereocenters. The SMILES string of the molecule is C=C/C=C/C(C(=O)CC1=CC2=C(C=C=C1)CCC(C1=CC/C(=C/CC(C)C)N=C1)=C2)=C(/C)C(=C)C. The van der Waals surface area contributed by atoms with Crippen LogP contribution in [0.5, 0.6) is 0 Å². The maximum Gasteiger partial charge on any atom is 0.167 e. The second kappa shape index (κ2) is 12.3. The number of hydrogen-bond donors (Lipinski definition) is 0. The van der Waals surface area contributed by atoms with Crippen molar-refractivity contribution < 1.29 is 4.79 Å². The minimum Gasteiger partial charge on any atom is -0.294 e. The number of dihydropyridines is 1. The first-order valence-corrected chi connectivity index (χ1v) is 12.5. The Morgan fingerprint density at radius 3 is 2.66 bits per heavy atom. The van der Waals surface area contributed by atoms with Gasteiger partial charge >= 0.3 is 0 Å². The third-order valence-electron chi connectivity index (χ3n) is 6.44. The van der Waals surface area contributed by atoms with Crippen molar-refractivity contribution in [1.29, 1.82) is 0 Å². The van der Waals surface area contributed by atoms with Gasteiger partial charge in [0.15, 0.2) is 5.78 Å². The summed E-state index contributed by atoms with van der Waals surface area (Å²) in [5.74, 6) is 0.716. The zero-order valence-corrected chi connectivity index (χ0v) is 21.7. The van der Waals surface area contributed by atoms with E-state index in [4.69, 9.17) is 4.99 Å². The number of carbonyl (C=O) groups excluding carboxylic acids is 1. The number of rotatable bonds is 9. The van der Waals surface area contributed by atoms with Gasteiger partial charge in [0, 0.05) is 30.3 Å². The van der Waals surface area contributed by atoms with Crippen LogP contribution in [-0.2, 0) is 4.79 Å². The van der Waals surface area contributed by atoms with Crippen molar-refractivity contribution in [3.8, 4) is 0 Å². The Balaban J connectivity index is 1.82. The zero-order chi connectivity index (χ0) is 25.4. The number of ketones is 1. The molecule has 0 aromatic rings. The van der Waals surface area contributed by atoms with Gasteiger partial charge in [-0.1, -0.05) is 75.1 Å². The van der Waals surface area contributed by atoms with Crippen LogP contribution < -0.4 is 0 Å². The van der Waals surface area contributed by atoms with Gasteiger partial charge in [-0.2, -0.15) is 0 Å². The van der Waals surface area contributed by atoms with E-state index in [2.05, 4.69) is 63.1 Å². The average molecular weight is 464 g/mol. The van der Waals surface area contributed by atoms with E-state index in [1.807, 2.05) is 32.2 Å². The summed E-state index contributed by atoms with van der Waals surface area (Å²) in [5.41, 5.74) is 12.8. The van der Waals surface area contributed by atoms with Crippen molar-refractivity contribution in [1.82, 2.24) is 0 Å². The highest BCUT2D eigenvalue weighted by atomic mass is 16.1. The second-order valence-electron chi connectivity index (χ2n) is 9.79. The van der Waals surface area contributed by atoms with Crippen LogP contribution in [0.3, 0.4) is 0 Å². The molecule has 1 heterocycles. The number of aliphatic imine (C=N–C) groups is 1. The molecule has 2 aliphatic carbocycles. The standard InChI is InChI=1S/C33H37NO/c1-7-8-12-32(25(6)24(4)5)33(35)20-26-10-9-11-27-14-15-28(21-30(27)19-26)29-16-18-31(34-22-29)17-13-23(2)3/h7-8,10-12,16-17,19,21-23H,1,4,13-15,18,20H2,2-3,5-6H3/b12-8+,31-17-,32-25+. The predicted molar refractivity (Wildman–Crippen MR) is 150 cm³/mol. The van der Waals surface area contributed by atoms with Crippen LogP contribution in [-0.4, -0.2) is 12.0 Å². The lowest BCUT2D eigenvalue weighted by Gasteiger charge is -2.19. The Kier molecular flexibility index (Phi) is 9.18. The summed E-state index contributed by atoms with van der Waals surface area (Å²) in [6.07, 6.45) is 24.5. The molecule has 0 saturated heterocycles. The van der Waals surface area contributed by atoms with Gasteiger partial charge in [-0.25, -0.2) is 0 Å². The average Bonchev–Trinajstić information content (AvgIpc) is 3.04.